The van der Waals surface area contributed by atoms with E-state index in [0.717, 1.165) is 4.90 Å². The Balaban J connectivity index is 1.39. The average Bonchev–Trinajstić information content (AvgIpc) is 3.11. The lowest BCUT2D eigenvalue weighted by atomic mass is 10.1. The molecule has 0 radical (unpaired) electrons. The summed E-state index contributed by atoms with van der Waals surface area (Å²) in [5.41, 5.74) is 1.39. The molecule has 0 spiro atoms. The zero-order valence-corrected chi connectivity index (χ0v) is 18.8. The molecule has 3 aromatic carbocycles. The van der Waals surface area contributed by atoms with Gasteiger partial charge < -0.3 is 15.4 Å². The predicted octanol–water partition coefficient (Wildman–Crippen LogP) is 2.79. The van der Waals surface area contributed by atoms with Crippen molar-refractivity contribution in [1.82, 2.24) is 15.5 Å². The molecule has 0 aromatic heterocycles. The van der Waals surface area contributed by atoms with Gasteiger partial charge in [0, 0.05) is 13.1 Å². The largest absolute Gasteiger partial charge is 0.496 e. The lowest BCUT2D eigenvalue weighted by Gasteiger charge is -2.16. The van der Waals surface area contributed by atoms with E-state index in [1.54, 1.807) is 48.5 Å². The summed E-state index contributed by atoms with van der Waals surface area (Å²) in [5.74, 6) is -2.15. The molecule has 8 nitrogen and oxygen atoms in total. The Labute approximate surface area is 200 Å². The minimum absolute atomic E-state index is 0.00464. The maximum atomic E-state index is 13.7. The van der Waals surface area contributed by atoms with E-state index in [1.807, 2.05) is 0 Å². The molecule has 0 saturated heterocycles. The maximum absolute atomic E-state index is 13.7. The number of benzene rings is 3. The fourth-order valence-electron chi connectivity index (χ4n) is 3.78. The van der Waals surface area contributed by atoms with Crippen molar-refractivity contribution in [3.05, 3.63) is 100 Å². The number of carbonyl (C=O) groups is 4. The molecule has 0 aliphatic carbocycles. The summed E-state index contributed by atoms with van der Waals surface area (Å²) in [6.45, 7) is 0.163. The second kappa shape index (κ2) is 10.2. The van der Waals surface area contributed by atoms with Gasteiger partial charge >= 0.3 is 0 Å². The lowest BCUT2D eigenvalue weighted by Crippen LogP contribution is -2.35. The van der Waals surface area contributed by atoms with Crippen LogP contribution in [0.3, 0.4) is 0 Å². The summed E-state index contributed by atoms with van der Waals surface area (Å²) < 4.78 is 19.0. The Hall–Kier alpha value is -4.53. The zero-order chi connectivity index (χ0) is 24.9. The highest BCUT2D eigenvalue weighted by Crippen LogP contribution is 2.26. The maximum Gasteiger partial charge on any atom is 0.261 e. The molecule has 0 fully saturated rings. The van der Waals surface area contributed by atoms with Gasteiger partial charge in [0.15, 0.2) is 0 Å². The van der Waals surface area contributed by atoms with Crippen molar-refractivity contribution < 1.29 is 28.3 Å². The van der Waals surface area contributed by atoms with Gasteiger partial charge in [-0.25, -0.2) is 4.39 Å². The van der Waals surface area contributed by atoms with Crippen molar-refractivity contribution in [3.63, 3.8) is 0 Å². The number of rotatable bonds is 8. The molecule has 35 heavy (non-hydrogen) atoms. The van der Waals surface area contributed by atoms with Crippen LogP contribution in [0.4, 0.5) is 4.39 Å². The number of ether oxygens (including phenoxy) is 1. The summed E-state index contributed by atoms with van der Waals surface area (Å²) in [7, 11) is 1.42. The molecule has 1 aliphatic heterocycles. The van der Waals surface area contributed by atoms with E-state index < -0.39 is 29.4 Å². The number of amides is 4. The molecule has 178 valence electrons. The summed E-state index contributed by atoms with van der Waals surface area (Å²) >= 11 is 0. The fraction of sp³-hybridized carbons (Fsp3) is 0.154. The van der Waals surface area contributed by atoms with Crippen molar-refractivity contribution >= 4 is 23.6 Å². The Morgan fingerprint density at radius 1 is 0.829 bits per heavy atom. The van der Waals surface area contributed by atoms with Gasteiger partial charge in [-0.1, -0.05) is 30.3 Å². The highest BCUT2D eigenvalue weighted by atomic mass is 19.1. The van der Waals surface area contributed by atoms with E-state index in [-0.39, 0.29) is 30.8 Å². The third-order valence-electron chi connectivity index (χ3n) is 5.54. The van der Waals surface area contributed by atoms with Crippen LogP contribution in [0, 0.1) is 5.82 Å². The van der Waals surface area contributed by atoms with Gasteiger partial charge in [0.1, 0.15) is 11.6 Å². The number of hydrogen-bond donors (Lipinski definition) is 2. The topological polar surface area (TPSA) is 105 Å². The standard InChI is InChI=1S/C26H22FN3O5/c1-35-22-11-10-16(15-30-25(33)17-6-2-3-7-18(17)26(30)34)14-20(22)24(32)29-13-12-28-23(31)19-8-4-5-9-21(19)27/h2-11,14H,12-13,15H2,1H3,(H,28,31)(H,29,32). The molecule has 2 N–H and O–H groups in total. The van der Waals surface area contributed by atoms with Gasteiger partial charge in [-0.05, 0) is 42.0 Å². The molecular weight excluding hydrogens is 453 g/mol. The SMILES string of the molecule is COc1ccc(CN2C(=O)c3ccccc3C2=O)cc1C(=O)NCCNC(=O)c1ccccc1F. The second-order valence-electron chi connectivity index (χ2n) is 7.77. The van der Waals surface area contributed by atoms with Gasteiger partial charge in [-0.2, -0.15) is 0 Å². The number of fused-ring (bicyclic) bond motifs is 1. The van der Waals surface area contributed by atoms with E-state index in [2.05, 4.69) is 10.6 Å². The Kier molecular flexibility index (Phi) is 6.86. The van der Waals surface area contributed by atoms with Crippen LogP contribution in [0.5, 0.6) is 5.75 Å². The number of carbonyl (C=O) groups excluding carboxylic acids is 4. The molecule has 9 heteroatoms. The minimum atomic E-state index is -0.631. The highest BCUT2D eigenvalue weighted by molar-refractivity contribution is 6.21. The fourth-order valence-corrected chi connectivity index (χ4v) is 3.78. The monoisotopic (exact) mass is 475 g/mol. The molecule has 4 amide bonds. The van der Waals surface area contributed by atoms with E-state index in [1.165, 1.54) is 25.3 Å². The number of nitrogens with zero attached hydrogens (tertiary/aromatic N) is 1. The van der Waals surface area contributed by atoms with Crippen molar-refractivity contribution in [2.75, 3.05) is 20.2 Å². The molecule has 1 heterocycles. The molecule has 0 saturated carbocycles. The first kappa shape index (κ1) is 23.6. The molecule has 1 aliphatic rings. The van der Waals surface area contributed by atoms with Crippen LogP contribution >= 0.6 is 0 Å². The number of nitrogens with one attached hydrogen (secondary N) is 2. The normalized spacial score (nSPS) is 12.3. The summed E-state index contributed by atoms with van der Waals surface area (Å²) in [5, 5.41) is 5.22. The summed E-state index contributed by atoms with van der Waals surface area (Å²) in [6.07, 6.45) is 0. The van der Waals surface area contributed by atoms with Crippen LogP contribution in [-0.2, 0) is 6.54 Å². The molecule has 0 bridgehead atoms. The Bertz CT molecular complexity index is 1290. The zero-order valence-electron chi connectivity index (χ0n) is 18.8. The Morgan fingerprint density at radius 2 is 1.40 bits per heavy atom. The van der Waals surface area contributed by atoms with Crippen molar-refractivity contribution in [3.8, 4) is 5.75 Å². The molecule has 4 rings (SSSR count). The third-order valence-corrected chi connectivity index (χ3v) is 5.54. The van der Waals surface area contributed by atoms with E-state index >= 15 is 0 Å². The van der Waals surface area contributed by atoms with Crippen LogP contribution in [0.1, 0.15) is 47.0 Å². The first-order valence-electron chi connectivity index (χ1n) is 10.8. The number of hydrogen-bond acceptors (Lipinski definition) is 5. The van der Waals surface area contributed by atoms with E-state index in [0.29, 0.717) is 22.4 Å². The first-order chi connectivity index (χ1) is 16.9. The number of methoxy groups -OCH3 is 1. The quantitative estimate of drug-likeness (QED) is 0.385. The smallest absolute Gasteiger partial charge is 0.261 e. The van der Waals surface area contributed by atoms with Gasteiger partial charge in [-0.3, -0.25) is 24.1 Å². The minimum Gasteiger partial charge on any atom is -0.496 e. The van der Waals surface area contributed by atoms with Crippen LogP contribution in [-0.4, -0.2) is 48.7 Å². The van der Waals surface area contributed by atoms with Crippen LogP contribution in [0.2, 0.25) is 0 Å². The highest BCUT2D eigenvalue weighted by Gasteiger charge is 2.35. The van der Waals surface area contributed by atoms with Crippen molar-refractivity contribution in [2.45, 2.75) is 6.54 Å². The summed E-state index contributed by atoms with van der Waals surface area (Å²) in [4.78, 5) is 51.3. The predicted molar refractivity (Wildman–Crippen MR) is 125 cm³/mol. The van der Waals surface area contributed by atoms with Crippen LogP contribution in [0.25, 0.3) is 0 Å². The van der Waals surface area contributed by atoms with E-state index in [4.69, 9.17) is 4.74 Å². The van der Waals surface area contributed by atoms with Gasteiger partial charge in [0.05, 0.1) is 35.9 Å². The van der Waals surface area contributed by atoms with Gasteiger partial charge in [0.2, 0.25) is 0 Å². The second-order valence-corrected chi connectivity index (χ2v) is 7.77. The Morgan fingerprint density at radius 3 is 2.00 bits per heavy atom. The lowest BCUT2D eigenvalue weighted by molar-refractivity contribution is 0.0642. The summed E-state index contributed by atoms with van der Waals surface area (Å²) in [6, 6.07) is 17.0. The van der Waals surface area contributed by atoms with Crippen LogP contribution in [0.15, 0.2) is 66.7 Å². The van der Waals surface area contributed by atoms with Crippen molar-refractivity contribution in [2.24, 2.45) is 0 Å². The average molecular weight is 475 g/mol. The molecule has 3 aromatic rings. The van der Waals surface area contributed by atoms with Gasteiger partial charge in [0.25, 0.3) is 23.6 Å². The van der Waals surface area contributed by atoms with Gasteiger partial charge in [-0.15, -0.1) is 0 Å². The number of halogens is 1. The first-order valence-corrected chi connectivity index (χ1v) is 10.8. The third kappa shape index (κ3) is 4.89. The molecule has 0 atom stereocenters. The molecular formula is C26H22FN3O5. The van der Waals surface area contributed by atoms with E-state index in [9.17, 15) is 23.6 Å². The van der Waals surface area contributed by atoms with Crippen LogP contribution < -0.4 is 15.4 Å². The van der Waals surface area contributed by atoms with Crippen molar-refractivity contribution in [1.29, 1.82) is 0 Å². The molecule has 0 unspecified atom stereocenters. The number of imide groups is 1.